The van der Waals surface area contributed by atoms with Crippen LogP contribution in [-0.2, 0) is 5.41 Å². The average molecular weight is 668 g/mol. The number of para-hydroxylation sites is 2. The highest BCUT2D eigenvalue weighted by molar-refractivity contribution is 6.10. The fraction of sp³-hybridized carbons (Fsp3) is 0.240. The Hall–Kier alpha value is -5.14. The average Bonchev–Trinajstić information content (AvgIpc) is 3.48. The van der Waals surface area contributed by atoms with Crippen LogP contribution in [0.1, 0.15) is 70.6 Å². The van der Waals surface area contributed by atoms with Crippen molar-refractivity contribution in [2.45, 2.75) is 73.1 Å². The Kier molecular flexibility index (Phi) is 10.8. The minimum Gasteiger partial charge on any atom is -0.309 e. The van der Waals surface area contributed by atoms with E-state index >= 15 is 0 Å². The molecular weight excluding hydrogens is 615 g/mol. The molecular formula is C50H53N. The smallest absolute Gasteiger partial charge is 0.0547 e. The van der Waals surface area contributed by atoms with Gasteiger partial charge in [-0.3, -0.25) is 0 Å². The SMILES string of the molecule is CC1=CC=CCC1.CC1=CC=CCC1(C)C(C)(C)c1ccc(C)cc1.Cc1ccc(-c2ccc3c4ccccc4n(-c4ccccc4)c3c2)cc1. The highest BCUT2D eigenvalue weighted by atomic mass is 15.0. The highest BCUT2D eigenvalue weighted by Crippen LogP contribution is 2.50. The molecule has 258 valence electrons. The first-order chi connectivity index (χ1) is 24.6. The molecule has 0 bridgehead atoms. The van der Waals surface area contributed by atoms with Gasteiger partial charge in [0, 0.05) is 21.9 Å². The van der Waals surface area contributed by atoms with E-state index in [0.29, 0.717) is 0 Å². The summed E-state index contributed by atoms with van der Waals surface area (Å²) in [7, 11) is 0. The molecule has 0 saturated heterocycles. The van der Waals surface area contributed by atoms with Gasteiger partial charge < -0.3 is 4.57 Å². The van der Waals surface area contributed by atoms with Gasteiger partial charge in [-0.25, -0.2) is 0 Å². The van der Waals surface area contributed by atoms with Gasteiger partial charge in [-0.05, 0) is 93.3 Å². The molecule has 0 spiro atoms. The van der Waals surface area contributed by atoms with Gasteiger partial charge in [0.05, 0.1) is 11.0 Å². The fourth-order valence-corrected chi connectivity index (χ4v) is 7.37. The van der Waals surface area contributed by atoms with Crippen LogP contribution in [0.2, 0.25) is 0 Å². The molecule has 2 aliphatic carbocycles. The number of hydrogen-bond acceptors (Lipinski definition) is 0. The van der Waals surface area contributed by atoms with Crippen molar-refractivity contribution >= 4 is 21.8 Å². The summed E-state index contributed by atoms with van der Waals surface area (Å²) in [5, 5.41) is 2.59. The van der Waals surface area contributed by atoms with Crippen LogP contribution in [0.3, 0.4) is 0 Å². The predicted octanol–water partition coefficient (Wildman–Crippen LogP) is 14.2. The van der Waals surface area contributed by atoms with Crippen molar-refractivity contribution in [3.8, 4) is 16.8 Å². The van der Waals surface area contributed by atoms with Crippen molar-refractivity contribution in [2.24, 2.45) is 5.41 Å². The van der Waals surface area contributed by atoms with E-state index in [0.717, 1.165) is 6.42 Å². The summed E-state index contributed by atoms with van der Waals surface area (Å²) in [6, 6.07) is 43.8. The van der Waals surface area contributed by atoms with Gasteiger partial charge in [0.2, 0.25) is 0 Å². The van der Waals surface area contributed by atoms with E-state index in [9.17, 15) is 0 Å². The van der Waals surface area contributed by atoms with Crippen molar-refractivity contribution in [1.82, 2.24) is 4.57 Å². The number of nitrogens with zero attached hydrogens (tertiary/aromatic N) is 1. The van der Waals surface area contributed by atoms with Crippen molar-refractivity contribution in [1.29, 1.82) is 0 Å². The molecule has 1 atom stereocenters. The van der Waals surface area contributed by atoms with Crippen LogP contribution in [-0.4, -0.2) is 4.57 Å². The van der Waals surface area contributed by atoms with Crippen molar-refractivity contribution < 1.29 is 0 Å². The van der Waals surface area contributed by atoms with Gasteiger partial charge in [0.25, 0.3) is 0 Å². The lowest BCUT2D eigenvalue weighted by atomic mass is 9.57. The molecule has 8 rings (SSSR count). The Bertz CT molecular complexity index is 2220. The zero-order valence-corrected chi connectivity index (χ0v) is 31.6. The predicted molar refractivity (Wildman–Crippen MR) is 223 cm³/mol. The van der Waals surface area contributed by atoms with E-state index in [4.69, 9.17) is 0 Å². The molecule has 0 fully saturated rings. The molecule has 1 heteroatoms. The van der Waals surface area contributed by atoms with Crippen LogP contribution in [0.5, 0.6) is 0 Å². The van der Waals surface area contributed by atoms with E-state index < -0.39 is 0 Å². The Morgan fingerprint density at radius 2 is 1.20 bits per heavy atom. The summed E-state index contributed by atoms with van der Waals surface area (Å²) >= 11 is 0. The summed E-state index contributed by atoms with van der Waals surface area (Å²) < 4.78 is 2.36. The minimum atomic E-state index is 0.145. The maximum absolute atomic E-state index is 2.39. The normalized spacial score (nSPS) is 16.8. The molecule has 1 aromatic heterocycles. The lowest BCUT2D eigenvalue weighted by Crippen LogP contribution is -2.40. The molecule has 51 heavy (non-hydrogen) atoms. The monoisotopic (exact) mass is 667 g/mol. The zero-order valence-electron chi connectivity index (χ0n) is 31.6. The molecule has 0 saturated carbocycles. The third-order valence-electron chi connectivity index (χ3n) is 11.3. The number of fused-ring (bicyclic) bond motifs is 3. The van der Waals surface area contributed by atoms with E-state index in [1.54, 1.807) is 0 Å². The van der Waals surface area contributed by atoms with Crippen molar-refractivity contribution in [3.63, 3.8) is 0 Å². The molecule has 0 radical (unpaired) electrons. The number of hydrogen-bond donors (Lipinski definition) is 0. The summed E-state index contributed by atoms with van der Waals surface area (Å²) in [6.45, 7) is 15.8. The highest BCUT2D eigenvalue weighted by Gasteiger charge is 2.43. The number of allylic oxidation sites excluding steroid dienone is 8. The number of benzene rings is 5. The van der Waals surface area contributed by atoms with Crippen LogP contribution in [0, 0.1) is 19.3 Å². The largest absolute Gasteiger partial charge is 0.309 e. The first-order valence-corrected chi connectivity index (χ1v) is 18.5. The molecule has 5 aromatic carbocycles. The number of aromatic nitrogens is 1. The van der Waals surface area contributed by atoms with Gasteiger partial charge in [0.15, 0.2) is 0 Å². The second kappa shape index (κ2) is 15.4. The van der Waals surface area contributed by atoms with E-state index in [1.165, 1.54) is 79.3 Å². The topological polar surface area (TPSA) is 4.93 Å². The maximum Gasteiger partial charge on any atom is 0.0547 e. The molecule has 6 aromatic rings. The molecule has 0 amide bonds. The van der Waals surface area contributed by atoms with Crippen molar-refractivity contribution in [3.05, 3.63) is 186 Å². The summed E-state index contributed by atoms with van der Waals surface area (Å²) in [5.74, 6) is 0. The third kappa shape index (κ3) is 7.64. The van der Waals surface area contributed by atoms with Crippen LogP contribution >= 0.6 is 0 Å². The van der Waals surface area contributed by atoms with Gasteiger partial charge in [-0.15, -0.1) is 0 Å². The van der Waals surface area contributed by atoms with Crippen LogP contribution in [0.4, 0.5) is 0 Å². The van der Waals surface area contributed by atoms with Crippen molar-refractivity contribution in [2.75, 3.05) is 0 Å². The van der Waals surface area contributed by atoms with Gasteiger partial charge in [-0.1, -0.05) is 177 Å². The molecule has 1 unspecified atom stereocenters. The molecule has 1 heterocycles. The first-order valence-electron chi connectivity index (χ1n) is 18.5. The molecule has 0 N–H and O–H groups in total. The Morgan fingerprint density at radius 3 is 1.82 bits per heavy atom. The summed E-state index contributed by atoms with van der Waals surface area (Å²) in [4.78, 5) is 0. The van der Waals surface area contributed by atoms with Gasteiger partial charge in [-0.2, -0.15) is 0 Å². The van der Waals surface area contributed by atoms with E-state index in [-0.39, 0.29) is 10.8 Å². The van der Waals surface area contributed by atoms with Crippen LogP contribution in [0.15, 0.2) is 169 Å². The van der Waals surface area contributed by atoms with Crippen LogP contribution < -0.4 is 0 Å². The number of rotatable bonds is 4. The Morgan fingerprint density at radius 1 is 0.588 bits per heavy atom. The summed E-state index contributed by atoms with van der Waals surface area (Å²) in [6.07, 6.45) is 16.9. The van der Waals surface area contributed by atoms with E-state index in [2.05, 4.69) is 211 Å². The third-order valence-corrected chi connectivity index (χ3v) is 11.3. The fourth-order valence-electron chi connectivity index (χ4n) is 7.37. The molecule has 2 aliphatic rings. The Labute approximate surface area is 306 Å². The summed E-state index contributed by atoms with van der Waals surface area (Å²) in [5.41, 5.74) is 13.6. The van der Waals surface area contributed by atoms with Gasteiger partial charge >= 0.3 is 0 Å². The second-order valence-corrected chi connectivity index (χ2v) is 15.1. The molecule has 1 nitrogen and oxygen atoms in total. The van der Waals surface area contributed by atoms with Gasteiger partial charge in [0.1, 0.15) is 0 Å². The standard InChI is InChI=1S/C25H19N.C18H24.C7H10/c1-18-11-13-19(14-12-18)20-15-16-23-22-9-5-6-10-24(22)26(25(23)17-20)21-7-3-2-4-8-21;1-14-9-11-16(12-10-14)17(3,4)18(5)13-7-6-8-15(18)2;1-7-5-3-2-4-6-7/h2-17H,1H3;6-12H,13H2,1-5H3;2-3,5H,4,6H2,1H3. The zero-order chi connectivity index (χ0) is 36.0. The molecule has 0 aliphatic heterocycles. The van der Waals surface area contributed by atoms with Crippen LogP contribution in [0.25, 0.3) is 38.6 Å². The Balaban J connectivity index is 0.000000155. The maximum atomic E-state index is 2.39. The second-order valence-electron chi connectivity index (χ2n) is 15.1. The first kappa shape index (κ1) is 35.7. The number of aryl methyl sites for hydroxylation is 2. The minimum absolute atomic E-state index is 0.145. The lowest BCUT2D eigenvalue weighted by molar-refractivity contribution is 0.221. The van der Waals surface area contributed by atoms with E-state index in [1.807, 2.05) is 0 Å². The lowest BCUT2D eigenvalue weighted by Gasteiger charge is -2.46. The quantitative estimate of drug-likeness (QED) is 0.176.